The predicted molar refractivity (Wildman–Crippen MR) is 114 cm³/mol. The zero-order chi connectivity index (χ0) is 20.2. The lowest BCUT2D eigenvalue weighted by Gasteiger charge is -2.22. The Balaban J connectivity index is 2.12. The third kappa shape index (κ3) is 6.59. The molecule has 0 aliphatic heterocycles. The molecule has 0 aliphatic rings. The fourth-order valence-corrected chi connectivity index (χ4v) is 4.41. The van der Waals surface area contributed by atoms with Gasteiger partial charge in [0.15, 0.2) is 5.78 Å². The van der Waals surface area contributed by atoms with Crippen molar-refractivity contribution in [2.75, 3.05) is 19.8 Å². The first-order chi connectivity index (χ1) is 13.6. The van der Waals surface area contributed by atoms with Gasteiger partial charge in [-0.2, -0.15) is 0 Å². The highest BCUT2D eigenvalue weighted by atomic mass is 28.4. The SMILES string of the molecule is CCO[Si](C#Cc1ccc(C(=O)/C=C/c2ccccc2)cc1)(OCC)OCC. The maximum Gasteiger partial charge on any atom is 0.591 e. The molecule has 0 atom stereocenters. The van der Waals surface area contributed by atoms with E-state index in [0.29, 0.717) is 25.4 Å². The summed E-state index contributed by atoms with van der Waals surface area (Å²) in [6.45, 7) is 7.10. The lowest BCUT2D eigenvalue weighted by Crippen LogP contribution is -2.45. The molecule has 4 nitrogen and oxygen atoms in total. The topological polar surface area (TPSA) is 44.8 Å². The number of hydrogen-bond donors (Lipinski definition) is 0. The second kappa shape index (κ2) is 11.4. The molecule has 0 saturated heterocycles. The minimum atomic E-state index is -3.00. The third-order valence-corrected chi connectivity index (χ3v) is 6.20. The van der Waals surface area contributed by atoms with Crippen molar-refractivity contribution < 1.29 is 18.1 Å². The van der Waals surface area contributed by atoms with Gasteiger partial charge in [0.1, 0.15) is 0 Å². The largest absolute Gasteiger partial charge is 0.591 e. The van der Waals surface area contributed by atoms with Gasteiger partial charge in [0.2, 0.25) is 0 Å². The summed E-state index contributed by atoms with van der Waals surface area (Å²) in [5.74, 6) is 3.02. The first-order valence-corrected chi connectivity index (χ1v) is 11.2. The Hall–Kier alpha value is -2.49. The van der Waals surface area contributed by atoms with Crippen molar-refractivity contribution in [2.24, 2.45) is 0 Å². The summed E-state index contributed by atoms with van der Waals surface area (Å²) in [4.78, 5) is 12.3. The van der Waals surface area contributed by atoms with Gasteiger partial charge in [0, 0.05) is 30.9 Å². The predicted octanol–water partition coefficient (Wildman–Crippen LogP) is 4.52. The average Bonchev–Trinajstić information content (AvgIpc) is 2.72. The van der Waals surface area contributed by atoms with E-state index in [2.05, 4.69) is 11.5 Å². The van der Waals surface area contributed by atoms with Gasteiger partial charge in [-0.05, 0) is 62.2 Å². The van der Waals surface area contributed by atoms with Gasteiger partial charge in [-0.15, -0.1) is 0 Å². The first kappa shape index (κ1) is 21.8. The molecule has 0 N–H and O–H groups in total. The highest BCUT2D eigenvalue weighted by molar-refractivity contribution is 6.69. The molecule has 0 fully saturated rings. The van der Waals surface area contributed by atoms with Crippen molar-refractivity contribution in [3.8, 4) is 11.5 Å². The minimum Gasteiger partial charge on any atom is -0.364 e. The molecule has 0 spiro atoms. The average molecular weight is 395 g/mol. The molecule has 0 aliphatic carbocycles. The standard InChI is InChI=1S/C23H26O4Si/c1-4-25-28(26-5-2,27-6-3)19-18-21-12-15-22(16-13-21)23(24)17-14-20-10-8-7-9-11-20/h7-17H,4-6H2,1-3H3/b17-14+. The molecule has 0 unspecified atom stereocenters. The Morgan fingerprint density at radius 2 is 1.46 bits per heavy atom. The lowest BCUT2D eigenvalue weighted by molar-refractivity contribution is 0.0870. The zero-order valence-corrected chi connectivity index (χ0v) is 17.6. The summed E-state index contributed by atoms with van der Waals surface area (Å²) in [5.41, 5.74) is 5.45. The van der Waals surface area contributed by atoms with Gasteiger partial charge in [0.25, 0.3) is 0 Å². The molecule has 2 rings (SSSR count). The minimum absolute atomic E-state index is 0.0509. The fourth-order valence-electron chi connectivity index (χ4n) is 2.50. The fraction of sp³-hybridized carbons (Fsp3) is 0.261. The lowest BCUT2D eigenvalue weighted by atomic mass is 10.1. The van der Waals surface area contributed by atoms with E-state index < -0.39 is 8.80 Å². The number of carbonyl (C=O) groups is 1. The summed E-state index contributed by atoms with van der Waals surface area (Å²) >= 11 is 0. The van der Waals surface area contributed by atoms with E-state index in [0.717, 1.165) is 11.1 Å². The third-order valence-electron chi connectivity index (χ3n) is 3.76. The quantitative estimate of drug-likeness (QED) is 0.271. The van der Waals surface area contributed by atoms with Crippen molar-refractivity contribution in [1.29, 1.82) is 0 Å². The van der Waals surface area contributed by atoms with Gasteiger partial charge < -0.3 is 13.3 Å². The Bertz CT molecular complexity index is 815. The number of ketones is 1. The molecule has 2 aromatic rings. The molecule has 146 valence electrons. The van der Waals surface area contributed by atoms with Crippen LogP contribution in [-0.4, -0.2) is 34.4 Å². The number of hydrogen-bond acceptors (Lipinski definition) is 4. The molecule has 0 aromatic heterocycles. The molecule has 0 radical (unpaired) electrons. The zero-order valence-electron chi connectivity index (χ0n) is 16.6. The smallest absolute Gasteiger partial charge is 0.364 e. The molecule has 28 heavy (non-hydrogen) atoms. The summed E-state index contributed by atoms with van der Waals surface area (Å²) in [6.07, 6.45) is 3.38. The Labute approximate surface area is 168 Å². The molecule has 2 aromatic carbocycles. The maximum atomic E-state index is 12.3. The van der Waals surface area contributed by atoms with E-state index >= 15 is 0 Å². The molecular weight excluding hydrogens is 368 g/mol. The molecule has 0 heterocycles. The van der Waals surface area contributed by atoms with Crippen LogP contribution in [0.25, 0.3) is 6.08 Å². The van der Waals surface area contributed by atoms with Crippen molar-refractivity contribution in [3.63, 3.8) is 0 Å². The van der Waals surface area contributed by atoms with Crippen LogP contribution in [0.3, 0.4) is 0 Å². The van der Waals surface area contributed by atoms with Crippen molar-refractivity contribution in [3.05, 3.63) is 77.4 Å². The molecule has 0 amide bonds. The number of rotatable bonds is 9. The molecule has 0 saturated carbocycles. The number of carbonyl (C=O) groups excluding carboxylic acids is 1. The highest BCUT2D eigenvalue weighted by Gasteiger charge is 2.39. The summed E-state index contributed by atoms with van der Waals surface area (Å²) in [7, 11) is -3.00. The van der Waals surface area contributed by atoms with Crippen LogP contribution in [-0.2, 0) is 13.3 Å². The summed E-state index contributed by atoms with van der Waals surface area (Å²) in [5, 5.41) is 0. The number of allylic oxidation sites excluding steroid dienone is 1. The van der Waals surface area contributed by atoms with Crippen LogP contribution in [0.15, 0.2) is 60.7 Å². The summed E-state index contributed by atoms with van der Waals surface area (Å²) < 4.78 is 17.2. The Morgan fingerprint density at radius 3 is 2.00 bits per heavy atom. The molecular formula is C23H26O4Si. The van der Waals surface area contributed by atoms with Crippen molar-refractivity contribution in [1.82, 2.24) is 0 Å². The van der Waals surface area contributed by atoms with E-state index in [4.69, 9.17) is 13.3 Å². The Kier molecular flexibility index (Phi) is 8.86. The second-order valence-corrected chi connectivity index (χ2v) is 8.02. The van der Waals surface area contributed by atoms with Gasteiger partial charge in [0.05, 0.1) is 0 Å². The van der Waals surface area contributed by atoms with Crippen molar-refractivity contribution >= 4 is 20.7 Å². The normalized spacial score (nSPS) is 11.2. The van der Waals surface area contributed by atoms with Gasteiger partial charge >= 0.3 is 8.80 Å². The van der Waals surface area contributed by atoms with Gasteiger partial charge in [-0.25, -0.2) is 0 Å². The number of benzene rings is 2. The van der Waals surface area contributed by atoms with Crippen molar-refractivity contribution in [2.45, 2.75) is 20.8 Å². The first-order valence-electron chi connectivity index (χ1n) is 9.45. The monoisotopic (exact) mass is 394 g/mol. The summed E-state index contributed by atoms with van der Waals surface area (Å²) in [6, 6.07) is 16.9. The van der Waals surface area contributed by atoms with Gasteiger partial charge in [-0.3, -0.25) is 4.79 Å². The van der Waals surface area contributed by atoms with Crippen LogP contribution in [0.1, 0.15) is 42.3 Å². The van der Waals surface area contributed by atoms with Crippen LogP contribution in [0, 0.1) is 11.5 Å². The molecule has 0 bridgehead atoms. The Morgan fingerprint density at radius 1 is 0.893 bits per heavy atom. The molecule has 5 heteroatoms. The highest BCUT2D eigenvalue weighted by Crippen LogP contribution is 2.11. The van der Waals surface area contributed by atoms with Crippen LogP contribution < -0.4 is 0 Å². The van der Waals surface area contributed by atoms with E-state index in [9.17, 15) is 4.79 Å². The van der Waals surface area contributed by atoms with Gasteiger partial charge in [-0.1, -0.05) is 42.3 Å². The second-order valence-electron chi connectivity index (χ2n) is 5.79. The van der Waals surface area contributed by atoms with E-state index in [1.165, 1.54) is 0 Å². The van der Waals surface area contributed by atoms with E-state index in [1.54, 1.807) is 18.2 Å². The van der Waals surface area contributed by atoms with Crippen LogP contribution >= 0.6 is 0 Å². The van der Waals surface area contributed by atoms with E-state index in [-0.39, 0.29) is 5.78 Å². The maximum absolute atomic E-state index is 12.3. The van der Waals surface area contributed by atoms with Crippen LogP contribution in [0.2, 0.25) is 0 Å². The van der Waals surface area contributed by atoms with Crippen LogP contribution in [0.4, 0.5) is 0 Å². The van der Waals surface area contributed by atoms with E-state index in [1.807, 2.05) is 69.3 Å². The van der Waals surface area contributed by atoms with Crippen LogP contribution in [0.5, 0.6) is 0 Å².